The molecule has 2 unspecified atom stereocenters. The van der Waals surface area contributed by atoms with Gasteiger partial charge in [0.1, 0.15) is 0 Å². The monoisotopic (exact) mass is 284 g/mol. The molecule has 1 aromatic heterocycles. The van der Waals surface area contributed by atoms with E-state index in [1.807, 2.05) is 14.0 Å². The van der Waals surface area contributed by atoms with E-state index in [2.05, 4.69) is 21.7 Å². The predicted molar refractivity (Wildman–Crippen MR) is 78.3 cm³/mol. The molecule has 1 aromatic rings. The lowest BCUT2D eigenvalue weighted by Crippen LogP contribution is -2.49. The summed E-state index contributed by atoms with van der Waals surface area (Å²) < 4.78 is 5.33. The van der Waals surface area contributed by atoms with E-state index in [9.17, 15) is 5.11 Å². The highest BCUT2D eigenvalue weighted by molar-refractivity contribution is 7.07. The maximum Gasteiger partial charge on any atom is 0.0818 e. The number of nitrogens with zero attached hydrogens (tertiary/aromatic N) is 1. The second kappa shape index (κ2) is 6.33. The molecule has 2 rings (SSSR count). The Morgan fingerprint density at radius 3 is 2.74 bits per heavy atom. The number of hydrogen-bond donors (Lipinski definition) is 2. The highest BCUT2D eigenvalue weighted by Crippen LogP contribution is 2.28. The standard InChI is InChI=1S/C14H24N2O2S/c1-11(15)13(12-3-8-19-9-12)16(2)10-14(17)4-6-18-7-5-14/h3,8-9,11,13,17H,4-7,10,15H2,1-2H3. The first-order valence-corrected chi connectivity index (χ1v) is 7.74. The topological polar surface area (TPSA) is 58.7 Å². The fraction of sp³-hybridized carbons (Fsp3) is 0.714. The van der Waals surface area contributed by atoms with Crippen LogP contribution in [0.25, 0.3) is 0 Å². The second-order valence-electron chi connectivity index (χ2n) is 5.61. The molecule has 0 radical (unpaired) electrons. The SMILES string of the molecule is CC(N)C(c1ccsc1)N(C)CC1(O)CCOCC1. The van der Waals surface area contributed by atoms with Gasteiger partial charge in [-0.15, -0.1) is 0 Å². The molecule has 0 saturated carbocycles. The fourth-order valence-electron chi connectivity index (χ4n) is 2.87. The van der Waals surface area contributed by atoms with Gasteiger partial charge in [-0.25, -0.2) is 0 Å². The van der Waals surface area contributed by atoms with Gasteiger partial charge in [-0.05, 0) is 36.4 Å². The predicted octanol–water partition coefficient (Wildman–Crippen LogP) is 1.61. The highest BCUT2D eigenvalue weighted by atomic mass is 32.1. The Balaban J connectivity index is 2.05. The fourth-order valence-corrected chi connectivity index (χ4v) is 3.56. The lowest BCUT2D eigenvalue weighted by molar-refractivity contribution is -0.0824. The van der Waals surface area contributed by atoms with Crippen LogP contribution in [0.5, 0.6) is 0 Å². The number of ether oxygens (including phenoxy) is 1. The van der Waals surface area contributed by atoms with Crippen molar-refractivity contribution in [2.45, 2.75) is 37.5 Å². The summed E-state index contributed by atoms with van der Waals surface area (Å²) in [5.41, 5.74) is 6.73. The van der Waals surface area contributed by atoms with Gasteiger partial charge in [0.15, 0.2) is 0 Å². The van der Waals surface area contributed by atoms with Crippen molar-refractivity contribution in [3.8, 4) is 0 Å². The van der Waals surface area contributed by atoms with E-state index < -0.39 is 5.60 Å². The molecule has 4 nitrogen and oxygen atoms in total. The Hall–Kier alpha value is -0.460. The molecule has 1 aliphatic rings. The van der Waals surface area contributed by atoms with Crippen molar-refractivity contribution in [2.24, 2.45) is 5.73 Å². The van der Waals surface area contributed by atoms with Crippen LogP contribution >= 0.6 is 11.3 Å². The summed E-state index contributed by atoms with van der Waals surface area (Å²) >= 11 is 1.68. The average molecular weight is 284 g/mol. The minimum absolute atomic E-state index is 0.0306. The molecule has 0 aromatic carbocycles. The van der Waals surface area contributed by atoms with Crippen molar-refractivity contribution in [2.75, 3.05) is 26.8 Å². The molecule has 2 heterocycles. The van der Waals surface area contributed by atoms with Crippen molar-refractivity contribution >= 4 is 11.3 Å². The molecule has 19 heavy (non-hydrogen) atoms. The smallest absolute Gasteiger partial charge is 0.0818 e. The number of nitrogens with two attached hydrogens (primary N) is 1. The van der Waals surface area contributed by atoms with Crippen molar-refractivity contribution in [3.05, 3.63) is 22.4 Å². The van der Waals surface area contributed by atoms with Crippen LogP contribution < -0.4 is 5.73 Å². The van der Waals surface area contributed by atoms with Gasteiger partial charge in [0.2, 0.25) is 0 Å². The quantitative estimate of drug-likeness (QED) is 0.862. The number of likely N-dealkylation sites (N-methyl/N-ethyl adjacent to an activating group) is 1. The third-order valence-corrected chi connectivity index (χ3v) is 4.53. The zero-order valence-electron chi connectivity index (χ0n) is 11.7. The van der Waals surface area contributed by atoms with Gasteiger partial charge >= 0.3 is 0 Å². The van der Waals surface area contributed by atoms with E-state index in [0.717, 1.165) is 0 Å². The van der Waals surface area contributed by atoms with Crippen molar-refractivity contribution in [1.82, 2.24) is 4.90 Å². The minimum atomic E-state index is -0.643. The summed E-state index contributed by atoms with van der Waals surface area (Å²) in [7, 11) is 2.04. The Labute approximate surface area is 119 Å². The zero-order valence-corrected chi connectivity index (χ0v) is 12.5. The minimum Gasteiger partial charge on any atom is -0.388 e. The van der Waals surface area contributed by atoms with Crippen molar-refractivity contribution in [3.63, 3.8) is 0 Å². The van der Waals surface area contributed by atoms with Crippen LogP contribution in [0.4, 0.5) is 0 Å². The molecule has 5 heteroatoms. The maximum atomic E-state index is 10.6. The molecule has 1 aliphatic heterocycles. The molecule has 0 amide bonds. The van der Waals surface area contributed by atoms with Crippen molar-refractivity contribution in [1.29, 1.82) is 0 Å². The number of hydrogen-bond acceptors (Lipinski definition) is 5. The molecule has 0 aliphatic carbocycles. The average Bonchev–Trinajstić information content (AvgIpc) is 2.82. The van der Waals surface area contributed by atoms with E-state index >= 15 is 0 Å². The lowest BCUT2D eigenvalue weighted by Gasteiger charge is -2.39. The number of thiophene rings is 1. The third-order valence-electron chi connectivity index (χ3n) is 3.82. The largest absolute Gasteiger partial charge is 0.388 e. The number of aliphatic hydroxyl groups is 1. The van der Waals surface area contributed by atoms with Gasteiger partial charge < -0.3 is 15.6 Å². The van der Waals surface area contributed by atoms with Gasteiger partial charge in [0, 0.05) is 38.6 Å². The first kappa shape index (κ1) is 14.9. The van der Waals surface area contributed by atoms with Crippen LogP contribution in [0.15, 0.2) is 16.8 Å². The summed E-state index contributed by atoms with van der Waals surface area (Å²) in [6, 6.07) is 2.30. The van der Waals surface area contributed by atoms with Crippen molar-refractivity contribution < 1.29 is 9.84 Å². The van der Waals surface area contributed by atoms with Gasteiger partial charge in [-0.2, -0.15) is 11.3 Å². The van der Waals surface area contributed by atoms with Gasteiger partial charge in [0.25, 0.3) is 0 Å². The molecular formula is C14H24N2O2S. The molecule has 0 spiro atoms. The summed E-state index contributed by atoms with van der Waals surface area (Å²) in [4.78, 5) is 2.18. The Morgan fingerprint density at radius 1 is 1.53 bits per heavy atom. The zero-order chi connectivity index (χ0) is 13.9. The Morgan fingerprint density at radius 2 is 2.21 bits per heavy atom. The van der Waals surface area contributed by atoms with Gasteiger partial charge in [-0.1, -0.05) is 0 Å². The van der Waals surface area contributed by atoms with E-state index in [0.29, 0.717) is 32.6 Å². The van der Waals surface area contributed by atoms with Crippen LogP contribution in [0, 0.1) is 0 Å². The summed E-state index contributed by atoms with van der Waals surface area (Å²) in [6.07, 6.45) is 1.40. The summed E-state index contributed by atoms with van der Waals surface area (Å²) in [5.74, 6) is 0. The Bertz CT molecular complexity index is 375. The van der Waals surface area contributed by atoms with Crippen LogP contribution in [-0.2, 0) is 4.74 Å². The first-order valence-electron chi connectivity index (χ1n) is 6.80. The van der Waals surface area contributed by atoms with Crippen LogP contribution in [0.2, 0.25) is 0 Å². The second-order valence-corrected chi connectivity index (χ2v) is 6.39. The normalized spacial score (nSPS) is 22.4. The van der Waals surface area contributed by atoms with E-state index in [1.165, 1.54) is 5.56 Å². The molecule has 1 fully saturated rings. The highest BCUT2D eigenvalue weighted by Gasteiger charge is 2.34. The van der Waals surface area contributed by atoms with Crippen LogP contribution in [0.3, 0.4) is 0 Å². The van der Waals surface area contributed by atoms with Crippen LogP contribution in [0.1, 0.15) is 31.4 Å². The molecule has 3 N–H and O–H groups in total. The van der Waals surface area contributed by atoms with Gasteiger partial charge in [-0.3, -0.25) is 4.90 Å². The van der Waals surface area contributed by atoms with E-state index in [-0.39, 0.29) is 12.1 Å². The Kier molecular flexibility index (Phi) is 4.97. The van der Waals surface area contributed by atoms with Gasteiger partial charge in [0.05, 0.1) is 11.6 Å². The third kappa shape index (κ3) is 3.77. The molecule has 108 valence electrons. The maximum absolute atomic E-state index is 10.6. The van der Waals surface area contributed by atoms with E-state index in [1.54, 1.807) is 11.3 Å². The summed E-state index contributed by atoms with van der Waals surface area (Å²) in [5, 5.41) is 14.8. The first-order chi connectivity index (χ1) is 9.02. The van der Waals surface area contributed by atoms with E-state index in [4.69, 9.17) is 10.5 Å². The lowest BCUT2D eigenvalue weighted by atomic mass is 9.92. The van der Waals surface area contributed by atoms with Crippen LogP contribution in [-0.4, -0.2) is 48.5 Å². The molecular weight excluding hydrogens is 260 g/mol. The molecule has 2 atom stereocenters. The molecule has 0 bridgehead atoms. The summed E-state index contributed by atoms with van der Waals surface area (Å²) in [6.45, 7) is 3.95. The molecule has 1 saturated heterocycles. The number of rotatable bonds is 5.